The summed E-state index contributed by atoms with van der Waals surface area (Å²) in [5.74, 6) is 3.05. The van der Waals surface area contributed by atoms with Gasteiger partial charge in [-0.05, 0) is 117 Å². The third-order valence-electron chi connectivity index (χ3n) is 12.7. The highest BCUT2D eigenvalue weighted by atomic mass is 16.5. The Labute approximate surface area is 225 Å². The van der Waals surface area contributed by atoms with E-state index in [-0.39, 0.29) is 23.7 Å². The second-order valence-corrected chi connectivity index (χ2v) is 14.3. The molecule has 5 rings (SSSR count). The monoisotopic (exact) mass is 517 g/mol. The van der Waals surface area contributed by atoms with Gasteiger partial charge < -0.3 is 20.3 Å². The van der Waals surface area contributed by atoms with E-state index in [0.29, 0.717) is 53.6 Å². The molecule has 10 atom stereocenters. The first-order chi connectivity index (χ1) is 17.8. The van der Waals surface area contributed by atoms with Gasteiger partial charge in [-0.3, -0.25) is 0 Å². The van der Waals surface area contributed by atoms with Crippen LogP contribution < -0.4 is 5.32 Å². The van der Waals surface area contributed by atoms with E-state index in [2.05, 4.69) is 26.1 Å². The summed E-state index contributed by atoms with van der Waals surface area (Å²) in [5.41, 5.74) is 0.558. The van der Waals surface area contributed by atoms with Gasteiger partial charge in [0.25, 0.3) is 0 Å². The summed E-state index contributed by atoms with van der Waals surface area (Å²) in [5, 5.41) is 25.4. The van der Waals surface area contributed by atoms with Gasteiger partial charge in [0.05, 0.1) is 18.8 Å². The van der Waals surface area contributed by atoms with Crippen LogP contribution in [0.3, 0.4) is 0 Å². The maximum Gasteiger partial charge on any atom is 0.407 e. The lowest BCUT2D eigenvalue weighted by molar-refractivity contribution is -0.202. The van der Waals surface area contributed by atoms with E-state index in [4.69, 9.17) is 4.74 Å². The highest BCUT2D eigenvalue weighted by Gasteiger charge is 2.64. The summed E-state index contributed by atoms with van der Waals surface area (Å²) in [4.78, 5) is 12.4. The minimum atomic E-state index is -0.224. The van der Waals surface area contributed by atoms with Crippen LogP contribution >= 0.6 is 0 Å². The Morgan fingerprint density at radius 2 is 1.59 bits per heavy atom. The highest BCUT2D eigenvalue weighted by Crippen LogP contribution is 2.69. The van der Waals surface area contributed by atoms with Gasteiger partial charge in [0.1, 0.15) is 0 Å². The number of hydrogen-bond donors (Lipinski definition) is 3. The average molecular weight is 518 g/mol. The number of ether oxygens (including phenoxy) is 1. The van der Waals surface area contributed by atoms with Crippen molar-refractivity contribution in [1.29, 1.82) is 0 Å². The molecule has 0 aliphatic heterocycles. The van der Waals surface area contributed by atoms with Gasteiger partial charge in [-0.25, -0.2) is 4.79 Å². The van der Waals surface area contributed by atoms with Gasteiger partial charge in [-0.2, -0.15) is 0 Å². The van der Waals surface area contributed by atoms with Crippen LogP contribution in [0, 0.1) is 46.3 Å². The van der Waals surface area contributed by atoms with Crippen LogP contribution in [0.25, 0.3) is 0 Å². The van der Waals surface area contributed by atoms with Crippen LogP contribution in [0.4, 0.5) is 4.79 Å². The number of carbonyl (C=O) groups excluding carboxylic acids is 1. The molecule has 5 aliphatic rings. The molecule has 3 N–H and O–H groups in total. The Hall–Kier alpha value is -0.810. The SMILES string of the molecule is CC[C@H]1[C@@H](O)[C@@H]2[C@H](CC[C@]3(C)[C@@H](CCCOC(=O)NC4CCCCCC4)CC[C@@H]23)[C@@]2(C)CC[C@@H](O)C[C@@H]12. The van der Waals surface area contributed by atoms with E-state index in [1.165, 1.54) is 51.4 Å². The van der Waals surface area contributed by atoms with E-state index < -0.39 is 0 Å². The molecule has 0 saturated heterocycles. The maximum absolute atomic E-state index is 12.4. The van der Waals surface area contributed by atoms with Crippen molar-refractivity contribution in [3.05, 3.63) is 0 Å². The lowest BCUT2D eigenvalue weighted by Gasteiger charge is -2.64. The second kappa shape index (κ2) is 11.4. The largest absolute Gasteiger partial charge is 0.450 e. The number of nitrogens with one attached hydrogen (secondary N) is 1. The van der Waals surface area contributed by atoms with Gasteiger partial charge in [0, 0.05) is 6.04 Å². The Morgan fingerprint density at radius 3 is 2.32 bits per heavy atom. The van der Waals surface area contributed by atoms with E-state index in [1.807, 2.05) is 0 Å². The molecular weight excluding hydrogens is 462 g/mol. The Balaban J connectivity index is 1.18. The maximum atomic E-state index is 12.4. The first-order valence-electron chi connectivity index (χ1n) is 16.1. The number of amides is 1. The standard InChI is InChI=1S/C32H55NO4/c1-4-24-27-20-23(34)15-17-32(27,3)26-16-18-31(2)21(13-14-25(31)28(26)29(24)35)10-9-19-37-30(36)33-22-11-7-5-6-8-12-22/h21-29,34-35H,4-20H2,1-3H3,(H,33,36)/t21-,23+,24+,25-,26-,27-,28-,29+,31+,32+/m0/s1. The fraction of sp³-hybridized carbons (Fsp3) is 0.969. The van der Waals surface area contributed by atoms with Crippen molar-refractivity contribution in [2.75, 3.05) is 6.61 Å². The topological polar surface area (TPSA) is 78.8 Å². The van der Waals surface area contributed by atoms with Crippen LogP contribution in [0.1, 0.15) is 124 Å². The summed E-state index contributed by atoms with van der Waals surface area (Å²) >= 11 is 0. The van der Waals surface area contributed by atoms with Crippen molar-refractivity contribution in [3.63, 3.8) is 0 Å². The summed E-state index contributed by atoms with van der Waals surface area (Å²) in [7, 11) is 0. The summed E-state index contributed by atoms with van der Waals surface area (Å²) in [6.45, 7) is 7.81. The lowest BCUT2D eigenvalue weighted by Crippen LogP contribution is -2.62. The fourth-order valence-corrected chi connectivity index (χ4v) is 10.7. The molecule has 0 aromatic heterocycles. The number of alkyl carbamates (subject to hydrolysis) is 1. The molecule has 5 saturated carbocycles. The molecular formula is C32H55NO4. The van der Waals surface area contributed by atoms with Crippen molar-refractivity contribution in [2.45, 2.75) is 142 Å². The van der Waals surface area contributed by atoms with E-state index in [9.17, 15) is 15.0 Å². The van der Waals surface area contributed by atoms with Crippen LogP contribution in [-0.4, -0.2) is 41.2 Å². The van der Waals surface area contributed by atoms with Crippen molar-refractivity contribution in [1.82, 2.24) is 5.32 Å². The van der Waals surface area contributed by atoms with Gasteiger partial charge >= 0.3 is 6.09 Å². The molecule has 212 valence electrons. The van der Waals surface area contributed by atoms with E-state index in [0.717, 1.165) is 51.4 Å². The molecule has 37 heavy (non-hydrogen) atoms. The second-order valence-electron chi connectivity index (χ2n) is 14.3. The molecule has 0 spiro atoms. The zero-order valence-corrected chi connectivity index (χ0v) is 23.9. The lowest BCUT2D eigenvalue weighted by atomic mass is 9.41. The van der Waals surface area contributed by atoms with Gasteiger partial charge in [0.2, 0.25) is 0 Å². The minimum Gasteiger partial charge on any atom is -0.450 e. The van der Waals surface area contributed by atoms with Gasteiger partial charge in [0.15, 0.2) is 0 Å². The van der Waals surface area contributed by atoms with Crippen LogP contribution in [-0.2, 0) is 4.74 Å². The molecule has 0 bridgehead atoms. The zero-order chi connectivity index (χ0) is 26.2. The quantitative estimate of drug-likeness (QED) is 0.266. The first-order valence-corrected chi connectivity index (χ1v) is 16.1. The summed E-state index contributed by atoms with van der Waals surface area (Å²) in [6, 6.07) is 0.294. The molecule has 5 aliphatic carbocycles. The molecule has 0 radical (unpaired) electrons. The Kier molecular flexibility index (Phi) is 8.51. The fourth-order valence-electron chi connectivity index (χ4n) is 10.7. The summed E-state index contributed by atoms with van der Waals surface area (Å²) in [6.07, 6.45) is 17.5. The number of aliphatic hydroxyl groups is 2. The average Bonchev–Trinajstić information content (AvgIpc) is 3.02. The van der Waals surface area contributed by atoms with Crippen molar-refractivity contribution in [2.24, 2.45) is 46.3 Å². The smallest absolute Gasteiger partial charge is 0.407 e. The highest BCUT2D eigenvalue weighted by molar-refractivity contribution is 5.67. The molecule has 1 amide bonds. The molecule has 0 unspecified atom stereocenters. The molecule has 5 heteroatoms. The van der Waals surface area contributed by atoms with Gasteiger partial charge in [-0.15, -0.1) is 0 Å². The molecule has 0 heterocycles. The number of rotatable bonds is 6. The van der Waals surface area contributed by atoms with Crippen LogP contribution in [0.2, 0.25) is 0 Å². The minimum absolute atomic E-state index is 0.183. The van der Waals surface area contributed by atoms with Crippen LogP contribution in [0.5, 0.6) is 0 Å². The number of aliphatic hydroxyl groups excluding tert-OH is 2. The first kappa shape index (κ1) is 27.7. The normalized spacial score (nSPS) is 46.3. The third-order valence-corrected chi connectivity index (χ3v) is 12.7. The van der Waals surface area contributed by atoms with Crippen molar-refractivity contribution in [3.8, 4) is 0 Å². The van der Waals surface area contributed by atoms with Crippen molar-refractivity contribution < 1.29 is 19.7 Å². The molecule has 0 aromatic rings. The predicted molar refractivity (Wildman–Crippen MR) is 147 cm³/mol. The van der Waals surface area contributed by atoms with E-state index in [1.54, 1.807) is 0 Å². The Bertz CT molecular complexity index is 781. The molecule has 5 fully saturated rings. The number of carbonyl (C=O) groups is 1. The third kappa shape index (κ3) is 5.22. The summed E-state index contributed by atoms with van der Waals surface area (Å²) < 4.78 is 5.62. The van der Waals surface area contributed by atoms with Crippen molar-refractivity contribution >= 4 is 6.09 Å². The Morgan fingerprint density at radius 1 is 0.892 bits per heavy atom. The zero-order valence-electron chi connectivity index (χ0n) is 23.9. The molecule has 5 nitrogen and oxygen atoms in total. The van der Waals surface area contributed by atoms with Gasteiger partial charge in [-0.1, -0.05) is 52.9 Å². The van der Waals surface area contributed by atoms with E-state index >= 15 is 0 Å². The number of fused-ring (bicyclic) bond motifs is 5. The predicted octanol–water partition coefficient (Wildman–Crippen LogP) is 6.84. The van der Waals surface area contributed by atoms with Crippen LogP contribution in [0.15, 0.2) is 0 Å². The molecule has 0 aromatic carbocycles. The number of hydrogen-bond acceptors (Lipinski definition) is 4.